The topological polar surface area (TPSA) is 23.5 Å². The van der Waals surface area contributed by atoms with Crippen LogP contribution in [0.5, 0.6) is 0 Å². The van der Waals surface area contributed by atoms with Gasteiger partial charge >= 0.3 is 0 Å². The predicted octanol–water partition coefficient (Wildman–Crippen LogP) is 3.31. The largest absolute Gasteiger partial charge is 0.393 e. The Balaban J connectivity index is 2.01. The molecule has 0 spiro atoms. The molecule has 0 amide bonds. The van der Waals surface area contributed by atoms with Crippen molar-refractivity contribution in [1.29, 1.82) is 0 Å². The molecule has 1 aliphatic carbocycles. The summed E-state index contributed by atoms with van der Waals surface area (Å²) in [5.74, 6) is 1.22. The molecule has 3 heteroatoms. The average molecular weight is 265 g/mol. The minimum Gasteiger partial charge on any atom is -0.393 e. The van der Waals surface area contributed by atoms with Crippen molar-refractivity contribution in [2.75, 3.05) is 18.5 Å². The summed E-state index contributed by atoms with van der Waals surface area (Å²) in [6, 6.07) is 6.54. The Morgan fingerprint density at radius 2 is 1.84 bits per heavy atom. The Bertz CT molecular complexity index is 394. The number of hydrogen-bond donors (Lipinski definition) is 1. The molecule has 106 valence electrons. The predicted molar refractivity (Wildman–Crippen MR) is 76.7 cm³/mol. The molecule has 1 aliphatic rings. The molecule has 0 aliphatic heterocycles. The molecule has 2 nitrogen and oxygen atoms in total. The first kappa shape index (κ1) is 14.3. The zero-order chi connectivity index (χ0) is 14.0. The van der Waals surface area contributed by atoms with Gasteiger partial charge in [0.15, 0.2) is 0 Å². The number of aliphatic hydroxyl groups excluding tert-OH is 1. The normalized spacial score (nSPS) is 31.2. The van der Waals surface area contributed by atoms with E-state index in [9.17, 15) is 9.50 Å². The van der Waals surface area contributed by atoms with Crippen LogP contribution in [0.4, 0.5) is 10.1 Å². The molecular formula is C16H24FNO. The van der Waals surface area contributed by atoms with Gasteiger partial charge in [0.1, 0.15) is 5.82 Å². The van der Waals surface area contributed by atoms with E-state index < -0.39 is 0 Å². The van der Waals surface area contributed by atoms with Crippen molar-refractivity contribution in [3.63, 3.8) is 0 Å². The summed E-state index contributed by atoms with van der Waals surface area (Å²) in [7, 11) is 2.00. The third-order valence-corrected chi connectivity index (χ3v) is 4.40. The van der Waals surface area contributed by atoms with E-state index in [4.69, 9.17) is 0 Å². The van der Waals surface area contributed by atoms with Crippen LogP contribution in [0.25, 0.3) is 0 Å². The molecular weight excluding hydrogens is 241 g/mol. The van der Waals surface area contributed by atoms with E-state index in [0.717, 1.165) is 18.7 Å². The van der Waals surface area contributed by atoms with Crippen molar-refractivity contribution in [2.45, 2.75) is 32.8 Å². The maximum Gasteiger partial charge on any atom is 0.123 e. The fraction of sp³-hybridized carbons (Fsp3) is 0.625. The van der Waals surface area contributed by atoms with E-state index in [1.54, 1.807) is 12.1 Å². The van der Waals surface area contributed by atoms with Crippen molar-refractivity contribution in [2.24, 2.45) is 17.8 Å². The van der Waals surface area contributed by atoms with Crippen LogP contribution in [-0.2, 0) is 0 Å². The molecule has 19 heavy (non-hydrogen) atoms. The molecule has 0 radical (unpaired) electrons. The highest BCUT2D eigenvalue weighted by atomic mass is 19.1. The molecule has 1 aromatic carbocycles. The summed E-state index contributed by atoms with van der Waals surface area (Å²) in [5.41, 5.74) is 0.999. The number of aliphatic hydroxyl groups is 1. The Kier molecular flexibility index (Phi) is 4.46. The van der Waals surface area contributed by atoms with Crippen molar-refractivity contribution < 1.29 is 9.50 Å². The second-order valence-corrected chi connectivity index (χ2v) is 6.14. The van der Waals surface area contributed by atoms with Crippen molar-refractivity contribution in [3.05, 3.63) is 30.1 Å². The number of rotatable bonds is 3. The molecule has 1 fully saturated rings. The molecule has 1 N–H and O–H groups in total. The highest BCUT2D eigenvalue weighted by molar-refractivity contribution is 5.45. The van der Waals surface area contributed by atoms with E-state index in [2.05, 4.69) is 18.7 Å². The maximum atomic E-state index is 12.9. The van der Waals surface area contributed by atoms with Gasteiger partial charge in [-0.2, -0.15) is 0 Å². The number of benzene rings is 1. The van der Waals surface area contributed by atoms with Gasteiger partial charge in [0.25, 0.3) is 0 Å². The molecule has 4 atom stereocenters. The van der Waals surface area contributed by atoms with Gasteiger partial charge in [0, 0.05) is 25.2 Å². The van der Waals surface area contributed by atoms with Gasteiger partial charge in [0.05, 0.1) is 6.10 Å². The fourth-order valence-electron chi connectivity index (χ4n) is 3.29. The first-order chi connectivity index (χ1) is 8.97. The lowest BCUT2D eigenvalue weighted by Crippen LogP contribution is -2.41. The quantitative estimate of drug-likeness (QED) is 0.906. The second kappa shape index (κ2) is 5.91. The Morgan fingerprint density at radius 3 is 2.42 bits per heavy atom. The monoisotopic (exact) mass is 265 g/mol. The molecule has 0 bridgehead atoms. The first-order valence-electron chi connectivity index (χ1n) is 7.12. The highest BCUT2D eigenvalue weighted by Gasteiger charge is 2.33. The number of hydrogen-bond acceptors (Lipinski definition) is 2. The molecule has 0 heterocycles. The van der Waals surface area contributed by atoms with E-state index in [1.165, 1.54) is 18.6 Å². The second-order valence-electron chi connectivity index (χ2n) is 6.14. The van der Waals surface area contributed by atoms with Crippen LogP contribution in [0.2, 0.25) is 0 Å². The van der Waals surface area contributed by atoms with E-state index in [-0.39, 0.29) is 11.9 Å². The molecule has 1 saturated carbocycles. The van der Waals surface area contributed by atoms with Gasteiger partial charge < -0.3 is 10.0 Å². The summed E-state index contributed by atoms with van der Waals surface area (Å²) in [6.07, 6.45) is 1.85. The molecule has 1 aromatic rings. The maximum absolute atomic E-state index is 12.9. The smallest absolute Gasteiger partial charge is 0.123 e. The summed E-state index contributed by atoms with van der Waals surface area (Å²) >= 11 is 0. The lowest BCUT2D eigenvalue weighted by Gasteiger charge is -2.39. The summed E-state index contributed by atoms with van der Waals surface area (Å²) in [4.78, 5) is 2.11. The van der Waals surface area contributed by atoms with E-state index in [0.29, 0.717) is 17.8 Å². The standard InChI is InChI=1S/C16H24FNO/c1-11-8-12(2)15(16(19)9-11)10-18(3)14-6-4-13(17)5-7-14/h4-7,11-12,15-16,19H,8-10H2,1-3H3. The van der Waals surface area contributed by atoms with Crippen LogP contribution in [0, 0.1) is 23.6 Å². The minimum atomic E-state index is -0.221. The molecule has 0 aromatic heterocycles. The van der Waals surface area contributed by atoms with Gasteiger partial charge in [0.2, 0.25) is 0 Å². The van der Waals surface area contributed by atoms with Gasteiger partial charge in [-0.3, -0.25) is 0 Å². The zero-order valence-electron chi connectivity index (χ0n) is 12.0. The lowest BCUT2D eigenvalue weighted by molar-refractivity contribution is 0.0205. The van der Waals surface area contributed by atoms with Gasteiger partial charge in [-0.1, -0.05) is 13.8 Å². The van der Waals surface area contributed by atoms with Crippen molar-refractivity contribution in [3.8, 4) is 0 Å². The minimum absolute atomic E-state index is 0.211. The Hall–Kier alpha value is -1.09. The summed E-state index contributed by atoms with van der Waals surface area (Å²) < 4.78 is 12.9. The lowest BCUT2D eigenvalue weighted by atomic mass is 9.73. The van der Waals surface area contributed by atoms with Crippen LogP contribution < -0.4 is 4.90 Å². The van der Waals surface area contributed by atoms with Gasteiger partial charge in [-0.05, 0) is 48.9 Å². The third kappa shape index (κ3) is 3.47. The van der Waals surface area contributed by atoms with Crippen LogP contribution in [0.15, 0.2) is 24.3 Å². The highest BCUT2D eigenvalue weighted by Crippen LogP contribution is 2.34. The number of nitrogens with zero attached hydrogens (tertiary/aromatic N) is 1. The van der Waals surface area contributed by atoms with Crippen LogP contribution in [-0.4, -0.2) is 24.8 Å². The molecule has 4 unspecified atom stereocenters. The first-order valence-corrected chi connectivity index (χ1v) is 7.12. The SMILES string of the molecule is CC1CC(C)C(CN(C)c2ccc(F)cc2)C(O)C1. The van der Waals surface area contributed by atoms with Crippen LogP contribution in [0.1, 0.15) is 26.7 Å². The van der Waals surface area contributed by atoms with Crippen molar-refractivity contribution in [1.82, 2.24) is 0 Å². The Labute approximate surface area is 115 Å². The summed E-state index contributed by atoms with van der Waals surface area (Å²) in [5, 5.41) is 10.3. The number of anilines is 1. The summed E-state index contributed by atoms with van der Waals surface area (Å²) in [6.45, 7) is 5.25. The zero-order valence-corrected chi connectivity index (χ0v) is 12.0. The molecule has 0 saturated heterocycles. The third-order valence-electron chi connectivity index (χ3n) is 4.40. The van der Waals surface area contributed by atoms with Gasteiger partial charge in [-0.15, -0.1) is 0 Å². The van der Waals surface area contributed by atoms with E-state index in [1.807, 2.05) is 7.05 Å². The average Bonchev–Trinajstić information content (AvgIpc) is 2.34. The number of halogens is 1. The van der Waals surface area contributed by atoms with E-state index >= 15 is 0 Å². The van der Waals surface area contributed by atoms with Crippen LogP contribution in [0.3, 0.4) is 0 Å². The van der Waals surface area contributed by atoms with Crippen molar-refractivity contribution >= 4 is 5.69 Å². The molecule has 2 rings (SSSR count). The van der Waals surface area contributed by atoms with Gasteiger partial charge in [-0.25, -0.2) is 4.39 Å². The Morgan fingerprint density at radius 1 is 1.21 bits per heavy atom. The fourth-order valence-corrected chi connectivity index (χ4v) is 3.29. The van der Waals surface area contributed by atoms with Crippen LogP contribution >= 0.6 is 0 Å².